The molecule has 1 saturated heterocycles. The van der Waals surface area contributed by atoms with Gasteiger partial charge in [0, 0.05) is 34.6 Å². The quantitative estimate of drug-likeness (QED) is 0.231. The average molecular weight is 660 g/mol. The van der Waals surface area contributed by atoms with Gasteiger partial charge in [0.2, 0.25) is 0 Å². The van der Waals surface area contributed by atoms with Crippen molar-refractivity contribution in [1.29, 1.82) is 0 Å². The van der Waals surface area contributed by atoms with E-state index in [1.807, 2.05) is 54.5 Å². The minimum atomic E-state index is -0.894. The molecule has 0 bridgehead atoms. The van der Waals surface area contributed by atoms with Crippen molar-refractivity contribution in [1.82, 2.24) is 0 Å². The molecule has 3 N–H and O–H groups in total. The molecule has 3 aliphatic rings. The number of aliphatic hydroxyl groups is 1. The molecule has 9 heteroatoms. The predicted octanol–water partition coefficient (Wildman–Crippen LogP) is 6.28. The van der Waals surface area contributed by atoms with Crippen LogP contribution in [0.5, 0.6) is 11.5 Å². The van der Waals surface area contributed by atoms with E-state index in [9.17, 15) is 19.5 Å². The molecule has 4 unspecified atom stereocenters. The summed E-state index contributed by atoms with van der Waals surface area (Å²) in [6, 6.07) is 4.41. The van der Waals surface area contributed by atoms with Crippen molar-refractivity contribution in [3.05, 3.63) is 75.2 Å². The van der Waals surface area contributed by atoms with E-state index in [0.29, 0.717) is 28.9 Å². The van der Waals surface area contributed by atoms with Crippen molar-refractivity contribution in [3.63, 3.8) is 0 Å². The van der Waals surface area contributed by atoms with Crippen LogP contribution in [0.25, 0.3) is 0 Å². The fourth-order valence-electron chi connectivity index (χ4n) is 7.16. The third kappa shape index (κ3) is 6.42. The lowest BCUT2D eigenvalue weighted by molar-refractivity contribution is -0.245. The monoisotopic (exact) mass is 659 g/mol. The molecule has 5 rings (SSSR count). The number of allylic oxidation sites excluding steroid dienone is 1. The average Bonchev–Trinajstić information content (AvgIpc) is 2.98. The second-order valence-corrected chi connectivity index (χ2v) is 15.8. The van der Waals surface area contributed by atoms with Crippen LogP contribution in [0.1, 0.15) is 130 Å². The lowest BCUT2D eigenvalue weighted by Crippen LogP contribution is -2.52. The summed E-state index contributed by atoms with van der Waals surface area (Å²) in [5, 5.41) is 10.5. The Balaban J connectivity index is 1.86. The van der Waals surface area contributed by atoms with Gasteiger partial charge in [-0.1, -0.05) is 66.3 Å². The molecule has 0 saturated carbocycles. The molecule has 6 atom stereocenters. The third-order valence-corrected chi connectivity index (χ3v) is 9.72. The molecule has 0 spiro atoms. The molecule has 0 aromatic heterocycles. The van der Waals surface area contributed by atoms with Gasteiger partial charge in [-0.15, -0.1) is 0 Å². The summed E-state index contributed by atoms with van der Waals surface area (Å²) in [5.74, 6) is -0.255. The van der Waals surface area contributed by atoms with Gasteiger partial charge < -0.3 is 29.8 Å². The molecule has 0 amide bonds. The Morgan fingerprint density at radius 1 is 1.10 bits per heavy atom. The summed E-state index contributed by atoms with van der Waals surface area (Å²) in [6.45, 7) is 17.2. The molecule has 1 heterocycles. The van der Waals surface area contributed by atoms with Gasteiger partial charge in [-0.3, -0.25) is 14.4 Å². The predicted molar refractivity (Wildman–Crippen MR) is 182 cm³/mol. The van der Waals surface area contributed by atoms with E-state index in [0.717, 1.165) is 0 Å². The SMILES string of the molecule is COc1cccc2c1C(=O)c1c(c(OC=C=CC(C)(C)C)c3c(c1C(C)(C)C)[C@@H](OC1CC(N)C(O)C(C)O1)C[C@](C)(C(C)=O)C3)C2=O. The molecular formula is C39H49NO8. The highest BCUT2D eigenvalue weighted by molar-refractivity contribution is 6.31. The number of aliphatic hydroxyl groups excluding tert-OH is 1. The van der Waals surface area contributed by atoms with E-state index in [2.05, 4.69) is 5.73 Å². The van der Waals surface area contributed by atoms with E-state index in [1.165, 1.54) is 13.4 Å². The van der Waals surface area contributed by atoms with Crippen LogP contribution in [-0.2, 0) is 26.1 Å². The third-order valence-electron chi connectivity index (χ3n) is 9.72. The fraction of sp³-hybridized carbons (Fsp3) is 0.538. The Morgan fingerprint density at radius 3 is 2.38 bits per heavy atom. The van der Waals surface area contributed by atoms with Gasteiger partial charge >= 0.3 is 0 Å². The molecule has 258 valence electrons. The maximum Gasteiger partial charge on any atom is 0.198 e. The zero-order valence-electron chi connectivity index (χ0n) is 29.8. The number of ketones is 3. The molecule has 9 nitrogen and oxygen atoms in total. The van der Waals surface area contributed by atoms with Crippen molar-refractivity contribution < 1.29 is 38.4 Å². The van der Waals surface area contributed by atoms with Crippen LogP contribution in [0.2, 0.25) is 0 Å². The second-order valence-electron chi connectivity index (χ2n) is 15.8. The Morgan fingerprint density at radius 2 is 1.79 bits per heavy atom. The van der Waals surface area contributed by atoms with E-state index in [4.69, 9.17) is 24.7 Å². The number of fused-ring (bicyclic) bond motifs is 3. The van der Waals surface area contributed by atoms with Crippen LogP contribution in [-0.4, -0.2) is 54.1 Å². The van der Waals surface area contributed by atoms with Crippen LogP contribution in [0.3, 0.4) is 0 Å². The lowest BCUT2D eigenvalue weighted by atomic mass is 9.63. The molecular weight excluding hydrogens is 610 g/mol. The Labute approximate surface area is 283 Å². The number of ether oxygens (including phenoxy) is 4. The van der Waals surface area contributed by atoms with Crippen molar-refractivity contribution >= 4 is 17.3 Å². The fourth-order valence-corrected chi connectivity index (χ4v) is 7.16. The maximum absolute atomic E-state index is 14.8. The van der Waals surface area contributed by atoms with E-state index < -0.39 is 41.5 Å². The van der Waals surface area contributed by atoms with E-state index in [1.54, 1.807) is 32.0 Å². The van der Waals surface area contributed by atoms with Gasteiger partial charge in [-0.25, -0.2) is 0 Å². The minimum absolute atomic E-state index is 0.0477. The molecule has 1 fully saturated rings. The van der Waals surface area contributed by atoms with Gasteiger partial charge in [0.05, 0.1) is 36.5 Å². The van der Waals surface area contributed by atoms with E-state index in [-0.39, 0.29) is 63.6 Å². The first-order chi connectivity index (χ1) is 22.3. The second kappa shape index (κ2) is 12.7. The normalized spacial score (nSPS) is 26.9. The number of hydrogen-bond donors (Lipinski definition) is 2. The molecule has 1 aliphatic heterocycles. The van der Waals surface area contributed by atoms with Crippen LogP contribution in [0.15, 0.2) is 36.3 Å². The summed E-state index contributed by atoms with van der Waals surface area (Å²) < 4.78 is 24.8. The number of rotatable bonds is 6. The van der Waals surface area contributed by atoms with Crippen LogP contribution >= 0.6 is 0 Å². The number of Topliss-reactive ketones (excluding diaryl/α,β-unsaturated/α-hetero) is 1. The Bertz CT molecular complexity index is 1710. The highest BCUT2D eigenvalue weighted by Crippen LogP contribution is 2.55. The van der Waals surface area contributed by atoms with Crippen molar-refractivity contribution in [3.8, 4) is 11.5 Å². The minimum Gasteiger partial charge on any atom is -0.496 e. The summed E-state index contributed by atoms with van der Waals surface area (Å²) in [4.78, 5) is 42.8. The van der Waals surface area contributed by atoms with Gasteiger partial charge in [0.25, 0.3) is 0 Å². The van der Waals surface area contributed by atoms with Crippen molar-refractivity contribution in [2.45, 2.75) is 118 Å². The van der Waals surface area contributed by atoms with Gasteiger partial charge in [0.15, 0.2) is 17.9 Å². The van der Waals surface area contributed by atoms with Gasteiger partial charge in [-0.05, 0) is 60.8 Å². The Kier molecular flexibility index (Phi) is 9.45. The Hall–Kier alpha value is -3.59. The van der Waals surface area contributed by atoms with Crippen LogP contribution in [0, 0.1) is 10.8 Å². The zero-order chi connectivity index (χ0) is 35.5. The molecule has 0 radical (unpaired) electrons. The van der Waals surface area contributed by atoms with Crippen LogP contribution in [0.4, 0.5) is 0 Å². The summed E-state index contributed by atoms with van der Waals surface area (Å²) in [5.41, 5.74) is 10.4. The molecule has 2 aromatic carbocycles. The first-order valence-electron chi connectivity index (χ1n) is 16.6. The molecule has 48 heavy (non-hydrogen) atoms. The number of carbonyl (C=O) groups is 3. The van der Waals surface area contributed by atoms with Crippen molar-refractivity contribution in [2.75, 3.05) is 7.11 Å². The van der Waals surface area contributed by atoms with Gasteiger partial charge in [-0.2, -0.15) is 0 Å². The van der Waals surface area contributed by atoms with Gasteiger partial charge in [0.1, 0.15) is 23.5 Å². The number of carbonyl (C=O) groups excluding carboxylic acids is 3. The smallest absolute Gasteiger partial charge is 0.198 e. The van der Waals surface area contributed by atoms with E-state index >= 15 is 0 Å². The summed E-state index contributed by atoms with van der Waals surface area (Å²) in [7, 11) is 1.47. The number of methoxy groups -OCH3 is 1. The topological polar surface area (TPSA) is 134 Å². The summed E-state index contributed by atoms with van der Waals surface area (Å²) in [6.07, 6.45) is 1.09. The first-order valence-corrected chi connectivity index (χ1v) is 16.6. The number of hydrogen-bond acceptors (Lipinski definition) is 9. The summed E-state index contributed by atoms with van der Waals surface area (Å²) >= 11 is 0. The van der Waals surface area contributed by atoms with Crippen molar-refractivity contribution in [2.24, 2.45) is 16.6 Å². The standard InChI is InChI=1S/C39H49NO8/c1-20-33(42)24(40)17-27(47-20)48-26-19-39(9,21(2)41)18-23-28(26)32(38(6,7)8)30-31(36(23)46-16-12-15-37(3,4)5)34(43)22-13-11-14-25(45-10)29(22)35(30)44/h11,13-16,20,24,26-27,33,42H,17-19,40H2,1-10H3/t12?,20?,24?,26-,27?,33?,39+/m0/s1. The zero-order valence-corrected chi connectivity index (χ0v) is 29.8. The molecule has 2 aliphatic carbocycles. The number of nitrogens with two attached hydrogens (primary N) is 1. The highest BCUT2D eigenvalue weighted by atomic mass is 16.7. The first kappa shape index (κ1) is 35.7. The highest BCUT2D eigenvalue weighted by Gasteiger charge is 2.49. The maximum atomic E-state index is 14.8. The van der Waals surface area contributed by atoms with Crippen LogP contribution < -0.4 is 15.2 Å². The lowest BCUT2D eigenvalue weighted by Gasteiger charge is -2.45. The molecule has 2 aromatic rings. The number of benzene rings is 2. The largest absolute Gasteiger partial charge is 0.496 e.